The van der Waals surface area contributed by atoms with Gasteiger partial charge in [-0.25, -0.2) is 0 Å². The summed E-state index contributed by atoms with van der Waals surface area (Å²) in [6.07, 6.45) is 1.07. The summed E-state index contributed by atoms with van der Waals surface area (Å²) in [6, 6.07) is 8.46. The number of rotatable bonds is 7. The number of anilines is 1. The van der Waals surface area contributed by atoms with Crippen LogP contribution < -0.4 is 10.2 Å². The lowest BCUT2D eigenvalue weighted by Gasteiger charge is -2.34. The van der Waals surface area contributed by atoms with Crippen LogP contribution in [-0.2, 0) is 0 Å². The van der Waals surface area contributed by atoms with Crippen LogP contribution in [0, 0.1) is 6.92 Å². The zero-order valence-electron chi connectivity index (χ0n) is 12.0. The van der Waals surface area contributed by atoms with Crippen molar-refractivity contribution < 1.29 is 5.11 Å². The fraction of sp³-hybridized carbons (Fsp3) is 0.600. The molecule has 1 rings (SSSR count). The van der Waals surface area contributed by atoms with E-state index in [9.17, 15) is 5.11 Å². The zero-order valence-corrected chi connectivity index (χ0v) is 12.0. The maximum Gasteiger partial charge on any atom is 0.0627 e. The molecule has 18 heavy (non-hydrogen) atoms. The Balaban J connectivity index is 2.66. The van der Waals surface area contributed by atoms with Crippen molar-refractivity contribution in [2.24, 2.45) is 0 Å². The monoisotopic (exact) mass is 250 g/mol. The molecule has 0 aliphatic carbocycles. The molecule has 0 aliphatic rings. The second kappa shape index (κ2) is 6.76. The quantitative estimate of drug-likeness (QED) is 0.778. The Bertz CT molecular complexity index is 350. The molecule has 0 amide bonds. The highest BCUT2D eigenvalue weighted by atomic mass is 16.3. The van der Waals surface area contributed by atoms with Crippen molar-refractivity contribution in [2.45, 2.75) is 32.7 Å². The standard InChI is InChI=1S/C15H26N2O/c1-5-10-16-15(3,12-18)11-17(4)14-8-6-13(2)7-9-14/h6-9,16,18H,5,10-12H2,1-4H3. The van der Waals surface area contributed by atoms with E-state index in [2.05, 4.69) is 62.3 Å². The molecule has 0 saturated heterocycles. The van der Waals surface area contributed by atoms with Crippen LogP contribution in [-0.4, -0.2) is 37.4 Å². The zero-order chi connectivity index (χ0) is 13.6. The van der Waals surface area contributed by atoms with Gasteiger partial charge in [0.05, 0.1) is 12.1 Å². The first-order chi connectivity index (χ1) is 8.50. The predicted molar refractivity (Wildman–Crippen MR) is 78.2 cm³/mol. The molecule has 0 spiro atoms. The van der Waals surface area contributed by atoms with Gasteiger partial charge in [-0.3, -0.25) is 0 Å². The van der Waals surface area contributed by atoms with E-state index in [0.717, 1.165) is 19.5 Å². The first-order valence-corrected chi connectivity index (χ1v) is 6.64. The van der Waals surface area contributed by atoms with Crippen molar-refractivity contribution in [1.82, 2.24) is 5.32 Å². The van der Waals surface area contributed by atoms with Crippen molar-refractivity contribution in [3.63, 3.8) is 0 Å². The summed E-state index contributed by atoms with van der Waals surface area (Å²) in [4.78, 5) is 2.18. The number of aliphatic hydroxyl groups is 1. The summed E-state index contributed by atoms with van der Waals surface area (Å²) >= 11 is 0. The lowest BCUT2D eigenvalue weighted by atomic mass is 10.0. The fourth-order valence-electron chi connectivity index (χ4n) is 2.00. The number of likely N-dealkylation sites (N-methyl/N-ethyl adjacent to an activating group) is 1. The van der Waals surface area contributed by atoms with Gasteiger partial charge in [-0.1, -0.05) is 24.6 Å². The van der Waals surface area contributed by atoms with Gasteiger partial charge in [0.1, 0.15) is 0 Å². The minimum atomic E-state index is -0.254. The third kappa shape index (κ3) is 4.31. The SMILES string of the molecule is CCCNC(C)(CO)CN(C)c1ccc(C)cc1. The number of nitrogens with one attached hydrogen (secondary N) is 1. The minimum absolute atomic E-state index is 0.142. The second-order valence-electron chi connectivity index (χ2n) is 5.34. The summed E-state index contributed by atoms with van der Waals surface area (Å²) in [5.74, 6) is 0. The van der Waals surface area contributed by atoms with Crippen LogP contribution in [0.3, 0.4) is 0 Å². The lowest BCUT2D eigenvalue weighted by molar-refractivity contribution is 0.179. The van der Waals surface area contributed by atoms with Crippen molar-refractivity contribution in [1.29, 1.82) is 0 Å². The largest absolute Gasteiger partial charge is 0.394 e. The van der Waals surface area contributed by atoms with Gasteiger partial charge < -0.3 is 15.3 Å². The Kier molecular flexibility index (Phi) is 5.63. The van der Waals surface area contributed by atoms with Gasteiger partial charge in [-0.05, 0) is 38.9 Å². The first-order valence-electron chi connectivity index (χ1n) is 6.64. The van der Waals surface area contributed by atoms with Crippen LogP contribution in [0.4, 0.5) is 5.69 Å². The summed E-state index contributed by atoms with van der Waals surface area (Å²) in [5, 5.41) is 13.0. The van der Waals surface area contributed by atoms with Crippen LogP contribution in [0.5, 0.6) is 0 Å². The van der Waals surface area contributed by atoms with Gasteiger partial charge in [0.15, 0.2) is 0 Å². The molecule has 0 bridgehead atoms. The average molecular weight is 250 g/mol. The Morgan fingerprint density at radius 2 is 1.89 bits per heavy atom. The Hall–Kier alpha value is -1.06. The van der Waals surface area contributed by atoms with E-state index in [0.29, 0.717) is 0 Å². The molecule has 0 radical (unpaired) electrons. The predicted octanol–water partition coefficient (Wildman–Crippen LogP) is 2.18. The Morgan fingerprint density at radius 3 is 2.39 bits per heavy atom. The molecule has 3 nitrogen and oxygen atoms in total. The van der Waals surface area contributed by atoms with E-state index < -0.39 is 0 Å². The molecule has 0 aliphatic heterocycles. The van der Waals surface area contributed by atoms with Crippen LogP contribution in [0.1, 0.15) is 25.8 Å². The summed E-state index contributed by atoms with van der Waals surface area (Å²) in [6.45, 7) is 8.14. The van der Waals surface area contributed by atoms with Crippen LogP contribution in [0.2, 0.25) is 0 Å². The molecule has 0 saturated carbocycles. The van der Waals surface area contributed by atoms with Gasteiger partial charge in [0.25, 0.3) is 0 Å². The summed E-state index contributed by atoms with van der Waals surface area (Å²) in [5.41, 5.74) is 2.19. The highest BCUT2D eigenvalue weighted by Gasteiger charge is 2.24. The number of hydrogen-bond donors (Lipinski definition) is 2. The van der Waals surface area contributed by atoms with E-state index >= 15 is 0 Å². The maximum absolute atomic E-state index is 9.56. The van der Waals surface area contributed by atoms with Crippen LogP contribution in [0.15, 0.2) is 24.3 Å². The molecule has 3 heteroatoms. The van der Waals surface area contributed by atoms with E-state index in [-0.39, 0.29) is 12.1 Å². The van der Waals surface area contributed by atoms with Gasteiger partial charge in [0, 0.05) is 19.3 Å². The van der Waals surface area contributed by atoms with Gasteiger partial charge >= 0.3 is 0 Å². The molecule has 1 unspecified atom stereocenters. The molecule has 2 N–H and O–H groups in total. The summed E-state index contributed by atoms with van der Waals surface area (Å²) < 4.78 is 0. The molecular formula is C15H26N2O. The molecule has 1 aromatic carbocycles. The lowest BCUT2D eigenvalue weighted by Crippen LogP contribution is -2.53. The molecule has 0 fully saturated rings. The third-order valence-corrected chi connectivity index (χ3v) is 3.21. The van der Waals surface area contributed by atoms with Gasteiger partial charge in [-0.2, -0.15) is 0 Å². The van der Waals surface area contributed by atoms with Crippen molar-refractivity contribution in [2.75, 3.05) is 31.6 Å². The van der Waals surface area contributed by atoms with Crippen molar-refractivity contribution >= 4 is 5.69 Å². The van der Waals surface area contributed by atoms with Crippen molar-refractivity contribution in [3.05, 3.63) is 29.8 Å². The molecule has 102 valence electrons. The van der Waals surface area contributed by atoms with Gasteiger partial charge in [-0.15, -0.1) is 0 Å². The molecule has 1 aromatic rings. The van der Waals surface area contributed by atoms with Crippen LogP contribution >= 0.6 is 0 Å². The molecule has 0 aromatic heterocycles. The fourth-order valence-corrected chi connectivity index (χ4v) is 2.00. The third-order valence-electron chi connectivity index (χ3n) is 3.21. The smallest absolute Gasteiger partial charge is 0.0627 e. The Labute approximate surface area is 111 Å². The number of hydrogen-bond acceptors (Lipinski definition) is 3. The highest BCUT2D eigenvalue weighted by molar-refractivity contribution is 5.47. The molecule has 1 atom stereocenters. The molecule has 0 heterocycles. The first kappa shape index (κ1) is 15.0. The maximum atomic E-state index is 9.56. The van der Waals surface area contributed by atoms with Gasteiger partial charge in [0.2, 0.25) is 0 Å². The average Bonchev–Trinajstić information content (AvgIpc) is 2.37. The Morgan fingerprint density at radius 1 is 1.28 bits per heavy atom. The van der Waals surface area contributed by atoms with E-state index in [1.807, 2.05) is 0 Å². The number of benzene rings is 1. The summed E-state index contributed by atoms with van der Waals surface area (Å²) in [7, 11) is 2.06. The van der Waals surface area contributed by atoms with Crippen LogP contribution in [0.25, 0.3) is 0 Å². The topological polar surface area (TPSA) is 35.5 Å². The van der Waals surface area contributed by atoms with E-state index in [1.165, 1.54) is 11.3 Å². The normalized spacial score (nSPS) is 14.3. The highest BCUT2D eigenvalue weighted by Crippen LogP contribution is 2.16. The van der Waals surface area contributed by atoms with E-state index in [4.69, 9.17) is 0 Å². The van der Waals surface area contributed by atoms with E-state index in [1.54, 1.807) is 0 Å². The van der Waals surface area contributed by atoms with Crippen molar-refractivity contribution in [3.8, 4) is 0 Å². The second-order valence-corrected chi connectivity index (χ2v) is 5.34. The molecular weight excluding hydrogens is 224 g/mol. The number of aliphatic hydroxyl groups excluding tert-OH is 1. The number of nitrogens with zero attached hydrogens (tertiary/aromatic N) is 1. The number of aryl methyl sites for hydroxylation is 1. The minimum Gasteiger partial charge on any atom is -0.394 e.